The van der Waals surface area contributed by atoms with E-state index >= 15 is 0 Å². The van der Waals surface area contributed by atoms with E-state index in [4.69, 9.17) is 5.11 Å². The predicted octanol–water partition coefficient (Wildman–Crippen LogP) is 2.14. The van der Waals surface area contributed by atoms with Gasteiger partial charge in [-0.2, -0.15) is 4.52 Å². The maximum atomic E-state index is 13.5. The third-order valence-corrected chi connectivity index (χ3v) is 5.47. The Hall–Kier alpha value is -4.87. The van der Waals surface area contributed by atoms with E-state index in [1.807, 2.05) is 0 Å². The Morgan fingerprint density at radius 3 is 2.22 bits per heavy atom. The van der Waals surface area contributed by atoms with Gasteiger partial charge in [0.05, 0.1) is 5.56 Å². The lowest BCUT2D eigenvalue weighted by Crippen LogP contribution is -2.28. The summed E-state index contributed by atoms with van der Waals surface area (Å²) in [6, 6.07) is 10.3. The van der Waals surface area contributed by atoms with Crippen molar-refractivity contribution in [2.75, 3.05) is 0 Å². The first-order valence-electron chi connectivity index (χ1n) is 10.7. The third-order valence-electron chi connectivity index (χ3n) is 5.47. The number of aromatic carboxylic acids is 1. The second-order valence-corrected chi connectivity index (χ2v) is 8.08. The highest BCUT2D eigenvalue weighted by atomic mass is 19.1. The molecule has 12 heteroatoms. The molecule has 0 saturated heterocycles. The van der Waals surface area contributed by atoms with Crippen LogP contribution in [0.1, 0.15) is 53.6 Å². The van der Waals surface area contributed by atoms with Crippen molar-refractivity contribution in [1.29, 1.82) is 0 Å². The number of rotatable bonds is 7. The Bertz CT molecular complexity index is 1520. The second kappa shape index (κ2) is 9.78. The molecule has 0 bridgehead atoms. The number of carboxylic acid groups (broad SMARTS) is 1. The van der Waals surface area contributed by atoms with Gasteiger partial charge in [-0.15, -0.1) is 0 Å². The molecule has 2 aromatic heterocycles. The van der Waals surface area contributed by atoms with Gasteiger partial charge in [0.2, 0.25) is 5.65 Å². The largest absolute Gasteiger partial charge is 0.489 e. The monoisotopic (exact) mass is 492 g/mol. The minimum absolute atomic E-state index is 0.0650. The molecular weight excluding hydrogens is 471 g/mol. The fraction of sp³-hybridized carbons (Fsp3) is 0.167. The minimum Gasteiger partial charge on any atom is -0.489 e. The second-order valence-electron chi connectivity index (χ2n) is 8.08. The molecule has 4 rings (SSSR count). The van der Waals surface area contributed by atoms with Gasteiger partial charge in [0.15, 0.2) is 0 Å². The van der Waals surface area contributed by atoms with Gasteiger partial charge < -0.3 is 20.8 Å². The van der Waals surface area contributed by atoms with Crippen LogP contribution in [0, 0.1) is 19.7 Å². The molecule has 2 aromatic carbocycles. The van der Waals surface area contributed by atoms with Crippen molar-refractivity contribution < 1.29 is 29.0 Å². The van der Waals surface area contributed by atoms with Gasteiger partial charge >= 0.3 is 5.97 Å². The summed E-state index contributed by atoms with van der Waals surface area (Å²) in [5.41, 5.74) is 2.00. The summed E-state index contributed by atoms with van der Waals surface area (Å²) >= 11 is 0. The van der Waals surface area contributed by atoms with Crippen LogP contribution in [0.3, 0.4) is 0 Å². The Kier molecular flexibility index (Phi) is 6.59. The van der Waals surface area contributed by atoms with Gasteiger partial charge in [-0.05, 0) is 48.2 Å². The zero-order chi connectivity index (χ0) is 26.0. The van der Waals surface area contributed by atoms with E-state index in [0.717, 1.165) is 4.52 Å². The van der Waals surface area contributed by atoms with E-state index in [2.05, 4.69) is 25.9 Å². The van der Waals surface area contributed by atoms with Gasteiger partial charge in [-0.3, -0.25) is 9.59 Å². The molecular formula is C24H21FN6O5. The van der Waals surface area contributed by atoms with Crippen LogP contribution in [-0.4, -0.2) is 47.8 Å². The van der Waals surface area contributed by atoms with Gasteiger partial charge in [0.25, 0.3) is 17.7 Å². The van der Waals surface area contributed by atoms with Gasteiger partial charge in [-0.25, -0.2) is 14.2 Å². The van der Waals surface area contributed by atoms with Crippen molar-refractivity contribution in [2.24, 2.45) is 0 Å². The molecule has 36 heavy (non-hydrogen) atoms. The zero-order valence-corrected chi connectivity index (χ0v) is 19.2. The zero-order valence-electron chi connectivity index (χ0n) is 19.2. The maximum absolute atomic E-state index is 13.5. The first-order chi connectivity index (χ1) is 17.1. The Labute approximate surface area is 203 Å². The summed E-state index contributed by atoms with van der Waals surface area (Å²) in [6.45, 7) is 3.41. The first-order valence-corrected chi connectivity index (χ1v) is 10.7. The summed E-state index contributed by atoms with van der Waals surface area (Å²) < 4.78 is 14.5. The molecule has 2 heterocycles. The highest BCUT2D eigenvalue weighted by molar-refractivity contribution is 5.98. The maximum Gasteiger partial charge on any atom is 0.335 e. The number of aromatic hydroxyl groups is 1. The van der Waals surface area contributed by atoms with Crippen molar-refractivity contribution in [2.45, 2.75) is 26.9 Å². The van der Waals surface area contributed by atoms with Crippen LogP contribution in [0.4, 0.5) is 4.39 Å². The predicted molar refractivity (Wildman–Crippen MR) is 124 cm³/mol. The highest BCUT2D eigenvalue weighted by Crippen LogP contribution is 2.16. The van der Waals surface area contributed by atoms with Crippen molar-refractivity contribution in [1.82, 2.24) is 30.4 Å². The van der Waals surface area contributed by atoms with Crippen LogP contribution in [0.5, 0.6) is 5.88 Å². The third kappa shape index (κ3) is 4.97. The summed E-state index contributed by atoms with van der Waals surface area (Å²) in [6.07, 6.45) is 0. The fourth-order valence-electron chi connectivity index (χ4n) is 3.58. The summed E-state index contributed by atoms with van der Waals surface area (Å²) in [5, 5.41) is 31.7. The van der Waals surface area contributed by atoms with E-state index in [0.29, 0.717) is 22.3 Å². The van der Waals surface area contributed by atoms with E-state index in [9.17, 15) is 23.9 Å². The van der Waals surface area contributed by atoms with Crippen LogP contribution in [0.25, 0.3) is 5.65 Å². The quantitative estimate of drug-likeness (QED) is 0.305. The molecule has 0 spiro atoms. The lowest BCUT2D eigenvalue weighted by molar-refractivity contribution is 0.0695. The van der Waals surface area contributed by atoms with Crippen LogP contribution in [-0.2, 0) is 13.1 Å². The fourth-order valence-corrected chi connectivity index (χ4v) is 3.58. The molecule has 4 aromatic rings. The summed E-state index contributed by atoms with van der Waals surface area (Å²) in [7, 11) is 0. The molecule has 11 nitrogen and oxygen atoms in total. The molecule has 0 fully saturated rings. The molecule has 184 valence electrons. The van der Waals surface area contributed by atoms with Crippen LogP contribution < -0.4 is 10.6 Å². The lowest BCUT2D eigenvalue weighted by Gasteiger charge is -2.10. The van der Waals surface area contributed by atoms with Gasteiger partial charge in [0, 0.05) is 19.2 Å². The highest BCUT2D eigenvalue weighted by Gasteiger charge is 2.21. The topological polar surface area (TPSA) is 159 Å². The van der Waals surface area contributed by atoms with Gasteiger partial charge in [-0.1, -0.05) is 34.6 Å². The number of carbonyl (C=O) groups excluding carboxylic acids is 2. The first kappa shape index (κ1) is 24.3. The number of nitrogens with zero attached hydrogens (tertiary/aromatic N) is 4. The average molecular weight is 492 g/mol. The number of aromatic nitrogens is 4. The number of carbonyl (C=O) groups is 3. The Morgan fingerprint density at radius 1 is 0.944 bits per heavy atom. The number of aryl methyl sites for hydroxylation is 2. The van der Waals surface area contributed by atoms with Crippen LogP contribution in [0.15, 0.2) is 42.5 Å². The number of hydrogen-bond donors (Lipinski definition) is 4. The Morgan fingerprint density at radius 2 is 1.58 bits per heavy atom. The molecule has 0 unspecified atom stereocenters. The van der Waals surface area contributed by atoms with Crippen LogP contribution >= 0.6 is 0 Å². The molecule has 0 aliphatic heterocycles. The number of hydrogen-bond acceptors (Lipinski definition) is 7. The van der Waals surface area contributed by atoms with E-state index in [-0.39, 0.29) is 41.5 Å². The molecule has 4 N–H and O–H groups in total. The number of halogens is 1. The number of fused-ring (bicyclic) bond motifs is 1. The van der Waals surface area contributed by atoms with Gasteiger partial charge in [0.1, 0.15) is 17.2 Å². The van der Waals surface area contributed by atoms with Crippen LogP contribution in [0.2, 0.25) is 0 Å². The standard InChI is InChI=1S/C24H21FN6O5/c1-12-7-14(3-5-16(12)24(35)36)11-27-22(33)19-9-18(28-20-23(34)29-30-31(19)20)21(32)26-10-15-4-6-17(25)13(2)8-15/h3-9,34H,10-11H2,1-2H3,(H,26,32)(H,27,33)(H,35,36). The molecule has 0 aliphatic carbocycles. The van der Waals surface area contributed by atoms with Crippen molar-refractivity contribution in [3.8, 4) is 5.88 Å². The normalized spacial score (nSPS) is 10.9. The molecule has 0 atom stereocenters. The molecule has 2 amide bonds. The van der Waals surface area contributed by atoms with E-state index < -0.39 is 23.7 Å². The van der Waals surface area contributed by atoms with E-state index in [1.165, 1.54) is 24.3 Å². The van der Waals surface area contributed by atoms with Crippen molar-refractivity contribution >= 4 is 23.4 Å². The molecule has 0 aliphatic rings. The summed E-state index contributed by atoms with van der Waals surface area (Å²) in [4.78, 5) is 41.0. The lowest BCUT2D eigenvalue weighted by atomic mass is 10.1. The number of benzene rings is 2. The Balaban J connectivity index is 1.54. The molecule has 0 saturated carbocycles. The number of amides is 2. The number of carboxylic acids is 1. The summed E-state index contributed by atoms with van der Waals surface area (Å²) in [5.74, 6) is -3.23. The van der Waals surface area contributed by atoms with E-state index in [1.54, 1.807) is 32.0 Å². The van der Waals surface area contributed by atoms with Crippen molar-refractivity contribution in [3.63, 3.8) is 0 Å². The number of nitrogens with one attached hydrogen (secondary N) is 2. The van der Waals surface area contributed by atoms with Crippen molar-refractivity contribution in [3.05, 3.63) is 87.5 Å². The minimum atomic E-state index is -1.05. The SMILES string of the molecule is Cc1cc(CNC(=O)c2cc(C(=O)NCc3ccc(C(=O)O)c(C)c3)n3nnc(O)c3n2)ccc1F. The molecule has 0 radical (unpaired) electrons. The average Bonchev–Trinajstić information content (AvgIpc) is 3.22. The smallest absolute Gasteiger partial charge is 0.335 e.